The first-order valence-electron chi connectivity index (χ1n) is 5.60. The lowest BCUT2D eigenvalue weighted by Crippen LogP contribution is -2.33. The van der Waals surface area contributed by atoms with Crippen LogP contribution in [0.4, 0.5) is 4.79 Å². The van der Waals surface area contributed by atoms with Gasteiger partial charge in [-0.1, -0.05) is 30.3 Å². The Bertz CT molecular complexity index is 413. The maximum Gasteiger partial charge on any atom is 0.408 e. The van der Waals surface area contributed by atoms with E-state index in [1.54, 1.807) is 0 Å². The molecule has 0 aliphatic carbocycles. The number of benzene rings is 1. The average molecular weight is 284 g/mol. The van der Waals surface area contributed by atoms with E-state index in [9.17, 15) is 9.59 Å². The summed E-state index contributed by atoms with van der Waals surface area (Å²) >= 11 is 1.22. The van der Waals surface area contributed by atoms with Gasteiger partial charge < -0.3 is 20.9 Å². The van der Waals surface area contributed by atoms with Gasteiger partial charge in [0, 0.05) is 5.75 Å². The summed E-state index contributed by atoms with van der Waals surface area (Å²) < 4.78 is 4.97. The summed E-state index contributed by atoms with van der Waals surface area (Å²) in [7, 11) is 0. The van der Waals surface area contributed by atoms with E-state index in [0.29, 0.717) is 0 Å². The minimum Gasteiger partial charge on any atom is -0.480 e. The molecule has 1 aromatic carbocycles. The van der Waals surface area contributed by atoms with Gasteiger partial charge in [0.25, 0.3) is 0 Å². The molecule has 0 saturated heterocycles. The Morgan fingerprint density at radius 1 is 1.37 bits per heavy atom. The molecule has 0 bridgehead atoms. The molecule has 0 spiro atoms. The number of carbonyl (C=O) groups excluding carboxylic acids is 1. The van der Waals surface area contributed by atoms with Crippen LogP contribution in [-0.4, -0.2) is 34.8 Å². The summed E-state index contributed by atoms with van der Waals surface area (Å²) in [5, 5.41) is 11.1. The van der Waals surface area contributed by atoms with E-state index in [4.69, 9.17) is 15.6 Å². The van der Waals surface area contributed by atoms with Gasteiger partial charge in [-0.2, -0.15) is 0 Å². The highest BCUT2D eigenvalue weighted by molar-refractivity contribution is 7.99. The first-order valence-corrected chi connectivity index (χ1v) is 6.75. The molecule has 0 unspecified atom stereocenters. The monoisotopic (exact) mass is 284 g/mol. The first kappa shape index (κ1) is 15.3. The highest BCUT2D eigenvalue weighted by Gasteiger charge is 2.11. The van der Waals surface area contributed by atoms with Crippen LogP contribution in [0.25, 0.3) is 0 Å². The third kappa shape index (κ3) is 6.68. The molecule has 1 atom stereocenters. The van der Waals surface area contributed by atoms with E-state index in [2.05, 4.69) is 5.32 Å². The molecule has 4 N–H and O–H groups in total. The molecule has 1 aromatic rings. The number of alkyl carbamates (subject to hydrolysis) is 1. The van der Waals surface area contributed by atoms with Gasteiger partial charge >= 0.3 is 12.1 Å². The third-order valence-electron chi connectivity index (χ3n) is 2.15. The number of hydrogen-bond acceptors (Lipinski definition) is 5. The lowest BCUT2D eigenvalue weighted by Gasteiger charge is -2.08. The van der Waals surface area contributed by atoms with Gasteiger partial charge in [-0.25, -0.2) is 4.79 Å². The maximum absolute atomic E-state index is 11.3. The fourth-order valence-corrected chi connectivity index (χ4v) is 1.88. The molecule has 1 rings (SSSR count). The fourth-order valence-electron chi connectivity index (χ4n) is 1.14. The van der Waals surface area contributed by atoms with Crippen LogP contribution in [0.1, 0.15) is 5.56 Å². The Labute approximate surface area is 115 Å². The number of amides is 1. The van der Waals surface area contributed by atoms with Crippen LogP contribution in [0, 0.1) is 0 Å². The van der Waals surface area contributed by atoms with Gasteiger partial charge in [-0.3, -0.25) is 4.79 Å². The summed E-state index contributed by atoms with van der Waals surface area (Å²) in [6, 6.07) is 8.39. The molecule has 0 heterocycles. The minimum absolute atomic E-state index is 0.200. The standard InChI is InChI=1S/C12H16N2O4S/c13-10(11(15)16)7-19-8-14-12(17)18-6-9-4-2-1-3-5-9/h1-5,10H,6-8,13H2,(H,14,17)(H,15,16)/t10-/m0/s1. The maximum atomic E-state index is 11.3. The van der Waals surface area contributed by atoms with Crippen LogP contribution in [0.5, 0.6) is 0 Å². The van der Waals surface area contributed by atoms with Crippen LogP contribution < -0.4 is 11.1 Å². The molecule has 0 saturated carbocycles. The molecule has 0 aliphatic rings. The predicted molar refractivity (Wildman–Crippen MR) is 72.7 cm³/mol. The van der Waals surface area contributed by atoms with Crippen molar-refractivity contribution in [3.63, 3.8) is 0 Å². The van der Waals surface area contributed by atoms with Crippen LogP contribution >= 0.6 is 11.8 Å². The SMILES string of the molecule is N[C@@H](CSCNC(=O)OCc1ccccc1)C(=O)O. The lowest BCUT2D eigenvalue weighted by atomic mass is 10.2. The zero-order valence-corrected chi connectivity index (χ0v) is 11.1. The van der Waals surface area contributed by atoms with E-state index in [1.165, 1.54) is 11.8 Å². The van der Waals surface area contributed by atoms with Crippen molar-refractivity contribution < 1.29 is 19.4 Å². The van der Waals surface area contributed by atoms with Gasteiger partial charge in [-0.05, 0) is 5.56 Å². The molecule has 19 heavy (non-hydrogen) atoms. The Hall–Kier alpha value is -1.73. The fraction of sp³-hybridized carbons (Fsp3) is 0.333. The van der Waals surface area contributed by atoms with Gasteiger partial charge in [0.2, 0.25) is 0 Å². The third-order valence-corrected chi connectivity index (χ3v) is 3.09. The van der Waals surface area contributed by atoms with Crippen molar-refractivity contribution in [2.75, 3.05) is 11.6 Å². The Morgan fingerprint density at radius 2 is 2.05 bits per heavy atom. The second-order valence-electron chi connectivity index (χ2n) is 3.70. The molecular weight excluding hydrogens is 268 g/mol. The van der Waals surface area contributed by atoms with Crippen LogP contribution in [0.15, 0.2) is 30.3 Å². The topological polar surface area (TPSA) is 102 Å². The van der Waals surface area contributed by atoms with Crippen molar-refractivity contribution in [3.05, 3.63) is 35.9 Å². The largest absolute Gasteiger partial charge is 0.480 e. The van der Waals surface area contributed by atoms with Crippen LogP contribution in [-0.2, 0) is 16.1 Å². The molecule has 0 aromatic heterocycles. The Balaban J connectivity index is 2.10. The summed E-state index contributed by atoms with van der Waals surface area (Å²) in [5.41, 5.74) is 6.20. The van der Waals surface area contributed by atoms with Crippen molar-refractivity contribution in [2.45, 2.75) is 12.6 Å². The van der Waals surface area contributed by atoms with Gasteiger partial charge in [0.15, 0.2) is 0 Å². The van der Waals surface area contributed by atoms with Gasteiger partial charge in [0.1, 0.15) is 12.6 Å². The number of nitrogens with one attached hydrogen (secondary N) is 1. The number of rotatable bonds is 7. The molecule has 0 radical (unpaired) electrons. The van der Waals surface area contributed by atoms with E-state index in [-0.39, 0.29) is 18.2 Å². The summed E-state index contributed by atoms with van der Waals surface area (Å²) in [6.45, 7) is 0.200. The molecule has 7 heteroatoms. The molecule has 104 valence electrons. The van der Waals surface area contributed by atoms with Crippen LogP contribution in [0.3, 0.4) is 0 Å². The van der Waals surface area contributed by atoms with Crippen LogP contribution in [0.2, 0.25) is 0 Å². The zero-order chi connectivity index (χ0) is 14.1. The highest BCUT2D eigenvalue weighted by atomic mass is 32.2. The average Bonchev–Trinajstić information content (AvgIpc) is 2.42. The molecule has 6 nitrogen and oxygen atoms in total. The molecular formula is C12H16N2O4S. The summed E-state index contributed by atoms with van der Waals surface area (Å²) in [6.07, 6.45) is -0.541. The second-order valence-corrected chi connectivity index (χ2v) is 4.73. The van der Waals surface area contributed by atoms with Gasteiger partial charge in [-0.15, -0.1) is 11.8 Å². The Kier molecular flexibility index (Phi) is 6.76. The number of ether oxygens (including phenoxy) is 1. The zero-order valence-electron chi connectivity index (χ0n) is 10.2. The summed E-state index contributed by atoms with van der Waals surface area (Å²) in [4.78, 5) is 21.7. The predicted octanol–water partition coefficient (Wildman–Crippen LogP) is 1.02. The number of carboxylic acids is 1. The highest BCUT2D eigenvalue weighted by Crippen LogP contribution is 2.02. The van der Waals surface area contributed by atoms with E-state index in [0.717, 1.165) is 5.56 Å². The second kappa shape index (κ2) is 8.39. The van der Waals surface area contributed by atoms with E-state index >= 15 is 0 Å². The summed E-state index contributed by atoms with van der Waals surface area (Å²) in [5.74, 6) is -0.567. The van der Waals surface area contributed by atoms with Crippen molar-refractivity contribution in [1.82, 2.24) is 5.32 Å². The van der Waals surface area contributed by atoms with Crippen molar-refractivity contribution in [1.29, 1.82) is 0 Å². The quantitative estimate of drug-likeness (QED) is 0.510. The molecule has 0 fully saturated rings. The molecule has 0 aliphatic heterocycles. The van der Waals surface area contributed by atoms with Crippen molar-refractivity contribution in [2.24, 2.45) is 5.73 Å². The Morgan fingerprint density at radius 3 is 2.68 bits per heavy atom. The minimum atomic E-state index is -1.06. The number of carbonyl (C=O) groups is 2. The number of aliphatic carboxylic acids is 1. The normalized spacial score (nSPS) is 11.6. The molecule has 1 amide bonds. The lowest BCUT2D eigenvalue weighted by molar-refractivity contribution is -0.137. The van der Waals surface area contributed by atoms with E-state index in [1.807, 2.05) is 30.3 Å². The number of nitrogens with two attached hydrogens (primary N) is 1. The number of carboxylic acid groups (broad SMARTS) is 1. The van der Waals surface area contributed by atoms with Crippen molar-refractivity contribution >= 4 is 23.8 Å². The smallest absolute Gasteiger partial charge is 0.408 e. The number of hydrogen-bond donors (Lipinski definition) is 3. The van der Waals surface area contributed by atoms with Crippen molar-refractivity contribution in [3.8, 4) is 0 Å². The van der Waals surface area contributed by atoms with E-state index < -0.39 is 18.1 Å². The first-order chi connectivity index (χ1) is 9.09. The van der Waals surface area contributed by atoms with Gasteiger partial charge in [0.05, 0.1) is 5.88 Å². The number of thioether (sulfide) groups is 1.